The largest absolute Gasteiger partial charge is 3.00 e. The second-order valence-electron chi connectivity index (χ2n) is 11.0. The third-order valence-electron chi connectivity index (χ3n) is 7.75. The Labute approximate surface area is 300 Å². The van der Waals surface area contributed by atoms with E-state index in [9.17, 15) is 0 Å². The van der Waals surface area contributed by atoms with E-state index in [1.165, 1.54) is 16.2 Å². The van der Waals surface area contributed by atoms with Crippen LogP contribution in [0.1, 0.15) is 0 Å². The van der Waals surface area contributed by atoms with Crippen molar-refractivity contribution in [2.24, 2.45) is 0 Å². The summed E-state index contributed by atoms with van der Waals surface area (Å²) in [5, 5.41) is 3.51. The van der Waals surface area contributed by atoms with Gasteiger partial charge in [-0.2, -0.15) is 0 Å². The SMILES string of the molecule is [Ir+3].[c-]1ccccc1-c1ccc2ccccc2n1.[c-]1ccccc1-c1ccc2ccccc2n1.[c-]1ccccc1-c1ccc2ccccc2n1. The second kappa shape index (κ2) is 16.3. The monoisotopic (exact) mass is 805 g/mol. The summed E-state index contributed by atoms with van der Waals surface area (Å²) in [6.07, 6.45) is 0. The second-order valence-corrected chi connectivity index (χ2v) is 11.0. The molecule has 0 aliphatic heterocycles. The van der Waals surface area contributed by atoms with Gasteiger partial charge < -0.3 is 0 Å². The van der Waals surface area contributed by atoms with Gasteiger partial charge in [-0.15, -0.1) is 108 Å². The van der Waals surface area contributed by atoms with Crippen molar-refractivity contribution in [3.8, 4) is 33.8 Å². The van der Waals surface area contributed by atoms with Gasteiger partial charge in [0.2, 0.25) is 0 Å². The number of para-hydroxylation sites is 3. The van der Waals surface area contributed by atoms with Crippen LogP contribution < -0.4 is 0 Å². The van der Waals surface area contributed by atoms with Crippen molar-refractivity contribution < 1.29 is 20.1 Å². The zero-order valence-electron chi connectivity index (χ0n) is 26.5. The average molecular weight is 805 g/mol. The summed E-state index contributed by atoms with van der Waals surface area (Å²) in [6, 6.07) is 70.1. The van der Waals surface area contributed by atoms with Crippen LogP contribution in [0.3, 0.4) is 0 Å². The molecule has 0 amide bonds. The van der Waals surface area contributed by atoms with E-state index in [0.29, 0.717) is 0 Å². The first-order valence-corrected chi connectivity index (χ1v) is 15.8. The Morgan fingerprint density at radius 2 is 0.571 bits per heavy atom. The number of aromatic nitrogens is 3. The number of rotatable bonds is 3. The maximum atomic E-state index is 4.61. The van der Waals surface area contributed by atoms with Gasteiger partial charge in [-0.25, -0.2) is 0 Å². The number of hydrogen-bond donors (Lipinski definition) is 0. The van der Waals surface area contributed by atoms with Gasteiger partial charge in [-0.1, -0.05) is 91.0 Å². The zero-order chi connectivity index (χ0) is 32.4. The molecule has 9 rings (SSSR count). The molecule has 0 saturated heterocycles. The summed E-state index contributed by atoms with van der Waals surface area (Å²) in [6.45, 7) is 0. The molecule has 0 aliphatic carbocycles. The molecule has 3 aromatic heterocycles. The Balaban J connectivity index is 0.000000126. The topological polar surface area (TPSA) is 38.7 Å². The molecule has 0 bridgehead atoms. The molecular weight excluding hydrogens is 775 g/mol. The molecular formula is C45H30IrN3. The summed E-state index contributed by atoms with van der Waals surface area (Å²) < 4.78 is 0. The zero-order valence-corrected chi connectivity index (χ0v) is 28.9. The van der Waals surface area contributed by atoms with Crippen LogP contribution in [0.2, 0.25) is 0 Å². The number of nitrogens with zero attached hydrogens (tertiary/aromatic N) is 3. The number of benzene rings is 6. The molecule has 0 atom stereocenters. The summed E-state index contributed by atoms with van der Waals surface area (Å²) >= 11 is 0. The number of pyridine rings is 3. The van der Waals surface area contributed by atoms with Crippen molar-refractivity contribution in [1.82, 2.24) is 15.0 Å². The third kappa shape index (κ3) is 8.38. The van der Waals surface area contributed by atoms with Crippen molar-refractivity contribution in [2.45, 2.75) is 0 Å². The van der Waals surface area contributed by atoms with Crippen LogP contribution in [0.4, 0.5) is 0 Å². The normalized spacial score (nSPS) is 10.3. The maximum Gasteiger partial charge on any atom is 3.00 e. The molecule has 3 nitrogen and oxygen atoms in total. The van der Waals surface area contributed by atoms with E-state index in [2.05, 4.69) is 69.5 Å². The average Bonchev–Trinajstić information content (AvgIpc) is 3.19. The molecule has 6 aromatic carbocycles. The van der Waals surface area contributed by atoms with Crippen LogP contribution in [0, 0.1) is 18.2 Å². The van der Waals surface area contributed by atoms with Gasteiger partial charge in [0.15, 0.2) is 0 Å². The third-order valence-corrected chi connectivity index (χ3v) is 7.75. The molecule has 49 heavy (non-hydrogen) atoms. The van der Waals surface area contributed by atoms with E-state index < -0.39 is 0 Å². The summed E-state index contributed by atoms with van der Waals surface area (Å²) in [7, 11) is 0. The minimum atomic E-state index is 0. The Morgan fingerprint density at radius 3 is 0.857 bits per heavy atom. The van der Waals surface area contributed by atoms with E-state index in [-0.39, 0.29) is 20.1 Å². The van der Waals surface area contributed by atoms with Crippen LogP contribution in [-0.2, 0) is 20.1 Å². The van der Waals surface area contributed by atoms with Gasteiger partial charge in [0.05, 0.1) is 16.6 Å². The van der Waals surface area contributed by atoms with Crippen LogP contribution >= 0.6 is 0 Å². The van der Waals surface area contributed by atoms with E-state index in [1.807, 2.05) is 146 Å². The van der Waals surface area contributed by atoms with Crippen molar-refractivity contribution in [3.05, 3.63) is 200 Å². The van der Waals surface area contributed by atoms with E-state index in [0.717, 1.165) is 50.3 Å². The first kappa shape index (κ1) is 33.1. The predicted molar refractivity (Wildman–Crippen MR) is 198 cm³/mol. The van der Waals surface area contributed by atoms with Gasteiger partial charge in [0, 0.05) is 0 Å². The van der Waals surface area contributed by atoms with Crippen molar-refractivity contribution in [1.29, 1.82) is 0 Å². The van der Waals surface area contributed by atoms with Crippen LogP contribution in [0.25, 0.3) is 66.5 Å². The Kier molecular flexibility index (Phi) is 11.0. The van der Waals surface area contributed by atoms with Crippen molar-refractivity contribution >= 4 is 32.7 Å². The first-order valence-electron chi connectivity index (χ1n) is 15.8. The fourth-order valence-electron chi connectivity index (χ4n) is 5.31. The fourth-order valence-corrected chi connectivity index (χ4v) is 5.31. The first-order chi connectivity index (χ1) is 23.8. The van der Waals surface area contributed by atoms with Crippen LogP contribution in [0.5, 0.6) is 0 Å². The van der Waals surface area contributed by atoms with Gasteiger partial charge in [-0.05, 0) is 51.4 Å². The van der Waals surface area contributed by atoms with Gasteiger partial charge in [-0.3, -0.25) is 15.0 Å². The standard InChI is InChI=1S/3C15H10N.Ir/c3*1-2-6-12(7-3-1)15-11-10-13-8-4-5-9-14(13)16-15;/h3*1-6,8-11H;/q3*-1;+3. The summed E-state index contributed by atoms with van der Waals surface area (Å²) in [4.78, 5) is 13.8. The van der Waals surface area contributed by atoms with E-state index in [1.54, 1.807) is 0 Å². The van der Waals surface area contributed by atoms with E-state index >= 15 is 0 Å². The van der Waals surface area contributed by atoms with Crippen molar-refractivity contribution in [2.75, 3.05) is 0 Å². The molecule has 234 valence electrons. The Bertz CT molecular complexity index is 2120. The fraction of sp³-hybridized carbons (Fsp3) is 0. The molecule has 0 spiro atoms. The molecule has 0 aliphatic rings. The molecule has 4 heteroatoms. The van der Waals surface area contributed by atoms with E-state index in [4.69, 9.17) is 0 Å². The Morgan fingerprint density at radius 1 is 0.286 bits per heavy atom. The van der Waals surface area contributed by atoms with Crippen molar-refractivity contribution in [3.63, 3.8) is 0 Å². The minimum Gasteiger partial charge on any atom is -0.296 e. The molecule has 0 unspecified atom stereocenters. The van der Waals surface area contributed by atoms with Gasteiger partial charge in [0.1, 0.15) is 0 Å². The van der Waals surface area contributed by atoms with Gasteiger partial charge >= 0.3 is 20.1 Å². The summed E-state index contributed by atoms with van der Waals surface area (Å²) in [5.74, 6) is 0. The maximum absolute atomic E-state index is 4.61. The summed E-state index contributed by atoms with van der Waals surface area (Å²) in [5.41, 5.74) is 9.10. The molecule has 9 aromatic rings. The van der Waals surface area contributed by atoms with Crippen LogP contribution in [0.15, 0.2) is 182 Å². The molecule has 3 heterocycles. The number of fused-ring (bicyclic) bond motifs is 3. The molecule has 0 fully saturated rings. The minimum absolute atomic E-state index is 0. The molecule has 0 saturated carbocycles. The smallest absolute Gasteiger partial charge is 0.296 e. The Hall–Kier alpha value is -5.80. The number of hydrogen-bond acceptors (Lipinski definition) is 3. The van der Waals surface area contributed by atoms with Gasteiger partial charge in [0.25, 0.3) is 0 Å². The predicted octanol–water partition coefficient (Wildman–Crippen LogP) is 11.1. The molecule has 0 N–H and O–H groups in total. The van der Waals surface area contributed by atoms with Crippen LogP contribution in [-0.4, -0.2) is 15.0 Å². The molecule has 0 radical (unpaired) electrons. The quantitative estimate of drug-likeness (QED) is 0.167.